The van der Waals surface area contributed by atoms with E-state index in [1.54, 1.807) is 48.5 Å². The summed E-state index contributed by atoms with van der Waals surface area (Å²) in [5, 5.41) is 3.03. The number of rotatable bonds is 6. The third kappa shape index (κ3) is 4.14. The molecule has 1 aliphatic heterocycles. The SMILES string of the molecule is COc1ccc(C2=C(C)C(=O)N(Cc3ccc(C(=O)NC4CCCC4)cc3)S2(=O)=O)cc1. The second-order valence-electron chi connectivity index (χ2n) is 8.15. The van der Waals surface area contributed by atoms with Crippen LogP contribution in [0.3, 0.4) is 0 Å². The van der Waals surface area contributed by atoms with Crippen LogP contribution >= 0.6 is 0 Å². The Bertz CT molecular complexity index is 1160. The molecule has 8 heteroatoms. The molecular formula is C24H26N2O5S. The van der Waals surface area contributed by atoms with Crippen LogP contribution in [0.2, 0.25) is 0 Å². The van der Waals surface area contributed by atoms with Crippen LogP contribution in [-0.4, -0.2) is 37.7 Å². The van der Waals surface area contributed by atoms with Gasteiger partial charge in [-0.3, -0.25) is 9.59 Å². The molecule has 1 fully saturated rings. The zero-order chi connectivity index (χ0) is 22.9. The maximum absolute atomic E-state index is 13.2. The molecule has 4 rings (SSSR count). The fourth-order valence-electron chi connectivity index (χ4n) is 4.23. The van der Waals surface area contributed by atoms with E-state index >= 15 is 0 Å². The molecule has 0 atom stereocenters. The number of methoxy groups -OCH3 is 1. The largest absolute Gasteiger partial charge is 0.497 e. The standard InChI is InChI=1S/C24H26N2O5S/c1-16-22(18-11-13-21(31-2)14-12-18)32(29,30)26(24(16)28)15-17-7-9-19(10-8-17)23(27)25-20-5-3-4-6-20/h7-14,20H,3-6,15H2,1-2H3,(H,25,27). The van der Waals surface area contributed by atoms with Crippen molar-refractivity contribution in [2.45, 2.75) is 45.2 Å². The summed E-state index contributed by atoms with van der Waals surface area (Å²) in [6.45, 7) is 1.43. The first kappa shape index (κ1) is 22.1. The van der Waals surface area contributed by atoms with Crippen LogP contribution in [0.4, 0.5) is 0 Å². The lowest BCUT2D eigenvalue weighted by Gasteiger charge is -2.17. The highest BCUT2D eigenvalue weighted by atomic mass is 32.2. The number of carbonyl (C=O) groups excluding carboxylic acids is 2. The van der Waals surface area contributed by atoms with E-state index in [9.17, 15) is 18.0 Å². The van der Waals surface area contributed by atoms with E-state index < -0.39 is 15.9 Å². The summed E-state index contributed by atoms with van der Waals surface area (Å²) in [7, 11) is -2.47. The number of hydrogen-bond acceptors (Lipinski definition) is 5. The Morgan fingerprint density at radius 2 is 1.69 bits per heavy atom. The number of carbonyl (C=O) groups is 2. The van der Waals surface area contributed by atoms with Crippen molar-refractivity contribution < 1.29 is 22.7 Å². The zero-order valence-electron chi connectivity index (χ0n) is 18.1. The monoisotopic (exact) mass is 454 g/mol. The van der Waals surface area contributed by atoms with E-state index in [1.807, 2.05) is 0 Å². The van der Waals surface area contributed by atoms with Crippen molar-refractivity contribution in [2.24, 2.45) is 0 Å². The summed E-state index contributed by atoms with van der Waals surface area (Å²) in [6.07, 6.45) is 4.27. The van der Waals surface area contributed by atoms with Gasteiger partial charge in [0.1, 0.15) is 10.7 Å². The lowest BCUT2D eigenvalue weighted by molar-refractivity contribution is -0.122. The van der Waals surface area contributed by atoms with Gasteiger partial charge in [0.15, 0.2) is 0 Å². The molecule has 1 heterocycles. The average molecular weight is 455 g/mol. The van der Waals surface area contributed by atoms with Gasteiger partial charge in [-0.25, -0.2) is 12.7 Å². The van der Waals surface area contributed by atoms with Crippen LogP contribution in [0.1, 0.15) is 54.1 Å². The Morgan fingerprint density at radius 3 is 2.28 bits per heavy atom. The third-order valence-electron chi connectivity index (χ3n) is 6.02. The third-order valence-corrected chi connectivity index (χ3v) is 7.95. The Labute approximate surface area is 188 Å². The van der Waals surface area contributed by atoms with E-state index in [1.165, 1.54) is 14.0 Å². The first-order chi connectivity index (χ1) is 15.3. The van der Waals surface area contributed by atoms with Crippen molar-refractivity contribution in [2.75, 3.05) is 7.11 Å². The highest BCUT2D eigenvalue weighted by Gasteiger charge is 2.42. The van der Waals surface area contributed by atoms with Crippen molar-refractivity contribution in [1.29, 1.82) is 0 Å². The molecule has 0 unspecified atom stereocenters. The molecule has 2 aliphatic rings. The van der Waals surface area contributed by atoms with Crippen molar-refractivity contribution in [3.05, 3.63) is 70.8 Å². The fourth-order valence-corrected chi connectivity index (χ4v) is 6.03. The summed E-state index contributed by atoms with van der Waals surface area (Å²) in [5.41, 5.74) is 1.77. The van der Waals surface area contributed by atoms with Crippen LogP contribution in [0.15, 0.2) is 54.1 Å². The normalized spacial score (nSPS) is 18.3. The molecule has 1 N–H and O–H groups in total. The van der Waals surface area contributed by atoms with Gasteiger partial charge in [-0.15, -0.1) is 0 Å². The molecule has 0 spiro atoms. The van der Waals surface area contributed by atoms with Gasteiger partial charge >= 0.3 is 0 Å². The molecule has 1 saturated carbocycles. The Balaban J connectivity index is 1.50. The first-order valence-electron chi connectivity index (χ1n) is 10.6. The summed E-state index contributed by atoms with van der Waals surface area (Å²) >= 11 is 0. The number of sulfonamides is 1. The second-order valence-corrected chi connectivity index (χ2v) is 9.95. The number of nitrogens with zero attached hydrogens (tertiary/aromatic N) is 1. The Morgan fingerprint density at radius 1 is 1.06 bits per heavy atom. The second kappa shape index (κ2) is 8.78. The van der Waals surface area contributed by atoms with Crippen molar-refractivity contribution in [3.63, 3.8) is 0 Å². The van der Waals surface area contributed by atoms with Crippen LogP contribution in [0.25, 0.3) is 4.91 Å². The molecule has 0 bridgehead atoms. The fraction of sp³-hybridized carbons (Fsp3) is 0.333. The maximum atomic E-state index is 13.2. The van der Waals surface area contributed by atoms with E-state index in [-0.39, 0.29) is 29.0 Å². The van der Waals surface area contributed by atoms with Gasteiger partial charge in [-0.05, 0) is 67.3 Å². The molecule has 0 saturated heterocycles. The molecule has 2 amide bonds. The van der Waals surface area contributed by atoms with Gasteiger partial charge in [0.2, 0.25) is 0 Å². The summed E-state index contributed by atoms with van der Waals surface area (Å²) in [4.78, 5) is 25.2. The average Bonchev–Trinajstić information content (AvgIpc) is 3.35. The van der Waals surface area contributed by atoms with E-state index in [4.69, 9.17) is 4.74 Å². The van der Waals surface area contributed by atoms with Crippen molar-refractivity contribution in [3.8, 4) is 5.75 Å². The van der Waals surface area contributed by atoms with Gasteiger partial charge in [0.25, 0.3) is 21.8 Å². The van der Waals surface area contributed by atoms with Crippen LogP contribution < -0.4 is 10.1 Å². The van der Waals surface area contributed by atoms with Crippen LogP contribution in [0, 0.1) is 0 Å². The van der Waals surface area contributed by atoms with Crippen molar-refractivity contribution in [1.82, 2.24) is 9.62 Å². The smallest absolute Gasteiger partial charge is 0.268 e. The number of ether oxygens (including phenoxy) is 1. The number of nitrogens with one attached hydrogen (secondary N) is 1. The van der Waals surface area contributed by atoms with Gasteiger partial charge in [0, 0.05) is 17.2 Å². The highest BCUT2D eigenvalue weighted by Crippen LogP contribution is 2.37. The van der Waals surface area contributed by atoms with Crippen LogP contribution in [-0.2, 0) is 21.4 Å². The minimum absolute atomic E-state index is 0.0118. The van der Waals surface area contributed by atoms with E-state index in [2.05, 4.69) is 5.32 Å². The quantitative estimate of drug-likeness (QED) is 0.722. The highest BCUT2D eigenvalue weighted by molar-refractivity contribution is 7.99. The minimum Gasteiger partial charge on any atom is -0.497 e. The molecule has 0 radical (unpaired) electrons. The Hall–Kier alpha value is -3.13. The molecule has 2 aromatic carbocycles. The zero-order valence-corrected chi connectivity index (χ0v) is 18.9. The summed E-state index contributed by atoms with van der Waals surface area (Å²) in [5.74, 6) is -0.0749. The van der Waals surface area contributed by atoms with Crippen LogP contribution in [0.5, 0.6) is 5.75 Å². The Kier molecular flexibility index (Phi) is 6.06. The molecule has 32 heavy (non-hydrogen) atoms. The lowest BCUT2D eigenvalue weighted by Crippen LogP contribution is -2.32. The molecule has 1 aliphatic carbocycles. The molecule has 7 nitrogen and oxygen atoms in total. The maximum Gasteiger partial charge on any atom is 0.268 e. The van der Waals surface area contributed by atoms with Gasteiger partial charge in [0.05, 0.1) is 13.7 Å². The van der Waals surface area contributed by atoms with E-state index in [0.29, 0.717) is 22.4 Å². The number of amides is 2. The molecule has 2 aromatic rings. The minimum atomic E-state index is -4.00. The van der Waals surface area contributed by atoms with Gasteiger partial charge in [-0.1, -0.05) is 25.0 Å². The lowest BCUT2D eigenvalue weighted by atomic mass is 10.1. The molecular weight excluding hydrogens is 428 g/mol. The summed E-state index contributed by atoms with van der Waals surface area (Å²) < 4.78 is 32.4. The molecule has 168 valence electrons. The topological polar surface area (TPSA) is 92.8 Å². The predicted octanol–water partition coefficient (Wildman–Crippen LogP) is 3.47. The van der Waals surface area contributed by atoms with E-state index in [0.717, 1.165) is 30.0 Å². The van der Waals surface area contributed by atoms with Gasteiger partial charge < -0.3 is 10.1 Å². The van der Waals surface area contributed by atoms with Crippen molar-refractivity contribution >= 4 is 26.7 Å². The number of hydrogen-bond donors (Lipinski definition) is 1. The first-order valence-corrected chi connectivity index (χ1v) is 12.1. The number of benzene rings is 2. The predicted molar refractivity (Wildman–Crippen MR) is 121 cm³/mol. The summed E-state index contributed by atoms with van der Waals surface area (Å²) in [6, 6.07) is 13.5. The molecule has 0 aromatic heterocycles. The van der Waals surface area contributed by atoms with Gasteiger partial charge in [-0.2, -0.15) is 0 Å².